The van der Waals surface area contributed by atoms with Gasteiger partial charge < -0.3 is 10.1 Å². The van der Waals surface area contributed by atoms with Crippen molar-refractivity contribution in [2.24, 2.45) is 0 Å². The monoisotopic (exact) mass is 390 g/mol. The second-order valence-corrected chi connectivity index (χ2v) is 7.96. The van der Waals surface area contributed by atoms with Crippen molar-refractivity contribution >= 4 is 44.9 Å². The van der Waals surface area contributed by atoms with Gasteiger partial charge in [-0.2, -0.15) is 5.26 Å². The summed E-state index contributed by atoms with van der Waals surface area (Å²) in [4.78, 5) is 25.2. The minimum Gasteiger partial charge on any atom is -0.448 e. The van der Waals surface area contributed by atoms with Gasteiger partial charge in [0.05, 0.1) is 11.1 Å². The third-order valence-corrected chi connectivity index (χ3v) is 6.31. The Balaban J connectivity index is 1.69. The smallest absolute Gasteiger partial charge is 0.350 e. The van der Waals surface area contributed by atoms with Gasteiger partial charge in [-0.25, -0.2) is 4.79 Å². The summed E-state index contributed by atoms with van der Waals surface area (Å²) in [5, 5.41) is 13.4. The van der Waals surface area contributed by atoms with E-state index in [1.54, 1.807) is 0 Å². The van der Waals surface area contributed by atoms with E-state index in [2.05, 4.69) is 11.4 Å². The number of hydrogen-bond acceptors (Lipinski definition) is 5. The fourth-order valence-corrected chi connectivity index (χ4v) is 4.56. The highest BCUT2D eigenvalue weighted by molar-refractivity contribution is 7.21. The van der Waals surface area contributed by atoms with E-state index < -0.39 is 23.5 Å². The van der Waals surface area contributed by atoms with Gasteiger partial charge in [0, 0.05) is 10.1 Å². The highest BCUT2D eigenvalue weighted by atomic mass is 35.5. The molecule has 2 aromatic rings. The molecule has 5 nitrogen and oxygen atoms in total. The predicted octanol–water partition coefficient (Wildman–Crippen LogP) is 4.44. The quantitative estimate of drug-likeness (QED) is 0.782. The normalized spacial score (nSPS) is 17.3. The van der Waals surface area contributed by atoms with Crippen LogP contribution in [0.15, 0.2) is 24.3 Å². The topological polar surface area (TPSA) is 79.2 Å². The van der Waals surface area contributed by atoms with Crippen molar-refractivity contribution in [3.8, 4) is 6.07 Å². The van der Waals surface area contributed by atoms with Crippen molar-refractivity contribution in [1.29, 1.82) is 5.26 Å². The van der Waals surface area contributed by atoms with E-state index in [4.69, 9.17) is 16.3 Å². The van der Waals surface area contributed by atoms with Gasteiger partial charge >= 0.3 is 5.97 Å². The molecule has 0 radical (unpaired) electrons. The molecule has 1 N–H and O–H groups in total. The Morgan fingerprint density at radius 3 is 2.65 bits per heavy atom. The maximum Gasteiger partial charge on any atom is 0.350 e. The minimum absolute atomic E-state index is 0.278. The number of nitrogens with zero attached hydrogens (tertiary/aromatic N) is 1. The van der Waals surface area contributed by atoms with E-state index in [1.807, 2.05) is 24.3 Å². The number of amides is 1. The number of fused-ring (bicyclic) bond motifs is 1. The number of halogens is 1. The standard InChI is InChI=1S/C19H19ClN2O3S/c1-12(17(23)22-19(11-21)9-5-2-6-10-19)25-18(24)16-15(20)13-7-3-4-8-14(13)26-16/h3-4,7-8,12H,2,5-6,9-10H2,1H3,(H,22,23)/t12-/m0/s1. The first-order valence-electron chi connectivity index (χ1n) is 8.57. The van der Waals surface area contributed by atoms with E-state index in [9.17, 15) is 14.9 Å². The van der Waals surface area contributed by atoms with Crippen LogP contribution in [-0.4, -0.2) is 23.5 Å². The largest absolute Gasteiger partial charge is 0.448 e. The molecule has 1 saturated carbocycles. The fourth-order valence-electron chi connectivity index (χ4n) is 3.17. The van der Waals surface area contributed by atoms with Crippen LogP contribution in [0, 0.1) is 11.3 Å². The van der Waals surface area contributed by atoms with Crippen LogP contribution in [0.2, 0.25) is 5.02 Å². The van der Waals surface area contributed by atoms with Crippen LogP contribution in [0.3, 0.4) is 0 Å². The molecular weight excluding hydrogens is 372 g/mol. The average Bonchev–Trinajstić information content (AvgIpc) is 2.99. The van der Waals surface area contributed by atoms with Crippen LogP contribution < -0.4 is 5.32 Å². The molecule has 0 unspecified atom stereocenters. The zero-order chi connectivity index (χ0) is 18.7. The van der Waals surface area contributed by atoms with E-state index in [-0.39, 0.29) is 4.88 Å². The SMILES string of the molecule is C[C@H](OC(=O)c1sc2ccccc2c1Cl)C(=O)NC1(C#N)CCCCC1. The number of ether oxygens (including phenoxy) is 1. The number of carbonyl (C=O) groups excluding carboxylic acids is 2. The highest BCUT2D eigenvalue weighted by Gasteiger charge is 2.35. The van der Waals surface area contributed by atoms with E-state index in [0.29, 0.717) is 17.9 Å². The summed E-state index contributed by atoms with van der Waals surface area (Å²) < 4.78 is 6.19. The number of nitrogens with one attached hydrogen (secondary N) is 1. The summed E-state index contributed by atoms with van der Waals surface area (Å²) in [6, 6.07) is 9.64. The maximum absolute atomic E-state index is 12.5. The predicted molar refractivity (Wildman–Crippen MR) is 101 cm³/mol. The second-order valence-electron chi connectivity index (χ2n) is 6.53. The number of nitriles is 1. The highest BCUT2D eigenvalue weighted by Crippen LogP contribution is 2.35. The lowest BCUT2D eigenvalue weighted by Crippen LogP contribution is -2.52. The molecule has 1 atom stereocenters. The molecule has 26 heavy (non-hydrogen) atoms. The lowest BCUT2D eigenvalue weighted by molar-refractivity contribution is -0.130. The van der Waals surface area contributed by atoms with Crippen LogP contribution in [-0.2, 0) is 9.53 Å². The first-order valence-corrected chi connectivity index (χ1v) is 9.76. The Morgan fingerprint density at radius 1 is 1.31 bits per heavy atom. The second kappa shape index (κ2) is 7.65. The molecule has 1 fully saturated rings. The molecule has 1 aromatic heterocycles. The fraction of sp³-hybridized carbons (Fsp3) is 0.421. The molecule has 1 amide bonds. The van der Waals surface area contributed by atoms with Crippen molar-refractivity contribution in [2.75, 3.05) is 0 Å². The number of esters is 1. The Hall–Kier alpha value is -2.10. The third-order valence-electron chi connectivity index (χ3n) is 4.66. The molecule has 0 bridgehead atoms. The van der Waals surface area contributed by atoms with Crippen LogP contribution in [0.4, 0.5) is 0 Å². The summed E-state index contributed by atoms with van der Waals surface area (Å²) in [6.45, 7) is 1.50. The van der Waals surface area contributed by atoms with E-state index in [1.165, 1.54) is 18.3 Å². The zero-order valence-electron chi connectivity index (χ0n) is 14.4. The summed E-state index contributed by atoms with van der Waals surface area (Å²) >= 11 is 7.52. The summed E-state index contributed by atoms with van der Waals surface area (Å²) in [5.41, 5.74) is -0.856. The van der Waals surface area contributed by atoms with Crippen LogP contribution >= 0.6 is 22.9 Å². The van der Waals surface area contributed by atoms with Gasteiger partial charge in [0.2, 0.25) is 0 Å². The molecule has 1 aliphatic rings. The lowest BCUT2D eigenvalue weighted by Gasteiger charge is -2.32. The van der Waals surface area contributed by atoms with Crippen molar-refractivity contribution in [3.05, 3.63) is 34.2 Å². The first-order chi connectivity index (χ1) is 12.5. The van der Waals surface area contributed by atoms with Gasteiger partial charge in [0.1, 0.15) is 10.4 Å². The maximum atomic E-state index is 12.5. The molecular formula is C19H19ClN2O3S. The van der Waals surface area contributed by atoms with Crippen molar-refractivity contribution in [3.63, 3.8) is 0 Å². The third kappa shape index (κ3) is 3.69. The number of benzene rings is 1. The molecule has 1 heterocycles. The van der Waals surface area contributed by atoms with E-state index in [0.717, 1.165) is 29.3 Å². The Kier molecular flexibility index (Phi) is 5.49. The Labute approximate surface area is 160 Å². The van der Waals surface area contributed by atoms with Crippen molar-refractivity contribution in [1.82, 2.24) is 5.32 Å². The molecule has 7 heteroatoms. The van der Waals surface area contributed by atoms with Gasteiger partial charge in [-0.05, 0) is 25.8 Å². The molecule has 0 spiro atoms. The van der Waals surface area contributed by atoms with Gasteiger partial charge in [0.15, 0.2) is 6.10 Å². The van der Waals surface area contributed by atoms with E-state index >= 15 is 0 Å². The summed E-state index contributed by atoms with van der Waals surface area (Å²) in [7, 11) is 0. The molecule has 3 rings (SSSR count). The molecule has 136 valence electrons. The summed E-state index contributed by atoms with van der Waals surface area (Å²) in [5.74, 6) is -1.09. The molecule has 0 aliphatic heterocycles. The number of hydrogen-bond donors (Lipinski definition) is 1. The van der Waals surface area contributed by atoms with Gasteiger partial charge in [-0.3, -0.25) is 4.79 Å². The molecule has 1 aromatic carbocycles. The molecule has 0 saturated heterocycles. The first kappa shape index (κ1) is 18.7. The number of thiophene rings is 1. The van der Waals surface area contributed by atoms with Crippen LogP contribution in [0.1, 0.15) is 48.7 Å². The Bertz CT molecular complexity index is 881. The minimum atomic E-state index is -1.00. The average molecular weight is 391 g/mol. The zero-order valence-corrected chi connectivity index (χ0v) is 16.0. The lowest BCUT2D eigenvalue weighted by atomic mass is 9.83. The van der Waals surface area contributed by atoms with Crippen molar-refractivity contribution < 1.29 is 14.3 Å². The Morgan fingerprint density at radius 2 is 2.00 bits per heavy atom. The van der Waals surface area contributed by atoms with Crippen LogP contribution in [0.25, 0.3) is 10.1 Å². The van der Waals surface area contributed by atoms with Gasteiger partial charge in [0.25, 0.3) is 5.91 Å². The van der Waals surface area contributed by atoms with Crippen LogP contribution in [0.5, 0.6) is 0 Å². The number of carbonyl (C=O) groups is 2. The number of rotatable bonds is 4. The summed E-state index contributed by atoms with van der Waals surface area (Å²) in [6.07, 6.45) is 3.11. The van der Waals surface area contributed by atoms with Crippen molar-refractivity contribution in [2.45, 2.75) is 50.7 Å². The van der Waals surface area contributed by atoms with Gasteiger partial charge in [-0.15, -0.1) is 11.3 Å². The van der Waals surface area contributed by atoms with Gasteiger partial charge in [-0.1, -0.05) is 49.1 Å². The molecule has 1 aliphatic carbocycles.